The second kappa shape index (κ2) is 6.62. The van der Waals surface area contributed by atoms with Crippen LogP contribution in [0.3, 0.4) is 0 Å². The average Bonchev–Trinajstić information content (AvgIpc) is 2.48. The summed E-state index contributed by atoms with van der Waals surface area (Å²) in [5.41, 5.74) is 3.19. The predicted octanol–water partition coefficient (Wildman–Crippen LogP) is 2.43. The van der Waals surface area contributed by atoms with Crippen LogP contribution in [0.2, 0.25) is 0 Å². The maximum atomic E-state index is 12.6. The molecular formula is C16H21NO4S. The molecule has 0 radical (unpaired) electrons. The number of aliphatic carboxylic acids is 1. The van der Waals surface area contributed by atoms with Crippen LogP contribution < -0.4 is 0 Å². The first kappa shape index (κ1) is 16.7. The van der Waals surface area contributed by atoms with E-state index in [0.717, 1.165) is 17.6 Å². The van der Waals surface area contributed by atoms with E-state index in [9.17, 15) is 13.2 Å². The summed E-state index contributed by atoms with van der Waals surface area (Å²) in [6.07, 6.45) is 1.21. The highest BCUT2D eigenvalue weighted by atomic mass is 32.2. The Balaban J connectivity index is 2.15. The van der Waals surface area contributed by atoms with Gasteiger partial charge in [0.1, 0.15) is 0 Å². The number of benzene rings is 1. The first-order valence-electron chi connectivity index (χ1n) is 7.27. The topological polar surface area (TPSA) is 74.7 Å². The molecule has 0 saturated heterocycles. The van der Waals surface area contributed by atoms with Gasteiger partial charge in [-0.05, 0) is 44.4 Å². The molecule has 1 N–H and O–H groups in total. The third-order valence-electron chi connectivity index (χ3n) is 4.07. The lowest BCUT2D eigenvalue weighted by Crippen LogP contribution is -2.36. The third kappa shape index (κ3) is 3.75. The normalized spacial score (nSPS) is 16.8. The molecule has 0 aliphatic carbocycles. The molecule has 0 unspecified atom stereocenters. The van der Waals surface area contributed by atoms with Gasteiger partial charge in [0.15, 0.2) is 0 Å². The van der Waals surface area contributed by atoms with Crippen molar-refractivity contribution in [1.82, 2.24) is 4.31 Å². The zero-order chi connectivity index (χ0) is 16.3. The number of aryl methyl sites for hydroxylation is 1. The van der Waals surface area contributed by atoms with E-state index < -0.39 is 16.0 Å². The van der Waals surface area contributed by atoms with E-state index >= 15 is 0 Å². The molecule has 0 atom stereocenters. The first-order valence-corrected chi connectivity index (χ1v) is 8.71. The number of carbonyl (C=O) groups is 1. The van der Waals surface area contributed by atoms with Crippen LogP contribution in [0.4, 0.5) is 0 Å². The van der Waals surface area contributed by atoms with E-state index in [1.165, 1.54) is 9.88 Å². The summed E-state index contributed by atoms with van der Waals surface area (Å²) in [7, 11) is -3.48. The quantitative estimate of drug-likeness (QED) is 0.845. The van der Waals surface area contributed by atoms with Crippen LogP contribution >= 0.6 is 0 Å². The second-order valence-corrected chi connectivity index (χ2v) is 7.62. The molecule has 1 aromatic rings. The van der Waals surface area contributed by atoms with Crippen molar-refractivity contribution in [2.24, 2.45) is 0 Å². The number of nitrogens with zero attached hydrogens (tertiary/aromatic N) is 1. The maximum absolute atomic E-state index is 12.6. The van der Waals surface area contributed by atoms with Crippen LogP contribution in [0.1, 0.15) is 32.3 Å². The summed E-state index contributed by atoms with van der Waals surface area (Å²) in [6.45, 7) is 4.95. The molecular weight excluding hydrogens is 302 g/mol. The molecule has 6 heteroatoms. The van der Waals surface area contributed by atoms with Crippen molar-refractivity contribution in [3.05, 3.63) is 41.0 Å². The van der Waals surface area contributed by atoms with E-state index in [0.29, 0.717) is 19.5 Å². The minimum atomic E-state index is -3.48. The van der Waals surface area contributed by atoms with Gasteiger partial charge in [-0.25, -0.2) is 8.42 Å². The fourth-order valence-corrected chi connectivity index (χ4v) is 3.89. The lowest BCUT2D eigenvalue weighted by atomic mass is 10.1. The second-order valence-electron chi connectivity index (χ2n) is 5.69. The highest BCUT2D eigenvalue weighted by Crippen LogP contribution is 2.24. The Bertz CT molecular complexity index is 689. The number of carboxylic acids is 1. The summed E-state index contributed by atoms with van der Waals surface area (Å²) in [5, 5.41) is 8.67. The molecule has 22 heavy (non-hydrogen) atoms. The predicted molar refractivity (Wildman–Crippen MR) is 84.1 cm³/mol. The average molecular weight is 323 g/mol. The lowest BCUT2D eigenvalue weighted by molar-refractivity contribution is -0.136. The number of hydrogen-bond acceptors (Lipinski definition) is 3. The molecule has 1 heterocycles. The lowest BCUT2D eigenvalue weighted by Gasteiger charge is -2.28. The molecule has 0 aromatic heterocycles. The number of hydrogen-bond donors (Lipinski definition) is 1. The molecule has 1 aromatic carbocycles. The summed E-state index contributed by atoms with van der Waals surface area (Å²) in [4.78, 5) is 10.8. The molecule has 0 saturated carbocycles. The Morgan fingerprint density at radius 3 is 2.36 bits per heavy atom. The zero-order valence-electron chi connectivity index (χ0n) is 12.9. The van der Waals surface area contributed by atoms with E-state index in [-0.39, 0.29) is 11.3 Å². The Kier molecular flexibility index (Phi) is 5.03. The molecule has 0 bridgehead atoms. The SMILES string of the molecule is CC1=C(C)CN(S(=O)(=O)c2ccc(CCC(=O)O)cc2)CC1. The van der Waals surface area contributed by atoms with E-state index in [1.807, 2.05) is 13.8 Å². The molecule has 1 aliphatic rings. The van der Waals surface area contributed by atoms with Crippen molar-refractivity contribution in [2.45, 2.75) is 38.0 Å². The first-order chi connectivity index (χ1) is 10.3. The molecule has 0 fully saturated rings. The minimum absolute atomic E-state index is 0.0431. The van der Waals surface area contributed by atoms with Gasteiger partial charge in [0, 0.05) is 19.5 Å². The van der Waals surface area contributed by atoms with Gasteiger partial charge in [0.05, 0.1) is 4.90 Å². The monoisotopic (exact) mass is 323 g/mol. The van der Waals surface area contributed by atoms with Gasteiger partial charge in [-0.3, -0.25) is 4.79 Å². The van der Waals surface area contributed by atoms with Crippen molar-refractivity contribution in [3.63, 3.8) is 0 Å². The standard InChI is InChI=1S/C16H21NO4S/c1-12-9-10-17(11-13(12)2)22(20,21)15-6-3-14(4-7-15)5-8-16(18)19/h3-4,6-7H,5,8-11H2,1-2H3,(H,18,19). The Labute approximate surface area is 131 Å². The smallest absolute Gasteiger partial charge is 0.303 e. The summed E-state index contributed by atoms with van der Waals surface area (Å²) in [6, 6.07) is 6.50. The molecule has 0 spiro atoms. The van der Waals surface area contributed by atoms with Crippen LogP contribution in [0, 0.1) is 0 Å². The van der Waals surface area contributed by atoms with Crippen molar-refractivity contribution in [1.29, 1.82) is 0 Å². The molecule has 2 rings (SSSR count). The van der Waals surface area contributed by atoms with Gasteiger partial charge in [-0.1, -0.05) is 23.3 Å². The Morgan fingerprint density at radius 2 is 1.82 bits per heavy atom. The minimum Gasteiger partial charge on any atom is -0.481 e. The van der Waals surface area contributed by atoms with Crippen LogP contribution in [-0.2, 0) is 21.2 Å². The Morgan fingerprint density at radius 1 is 1.18 bits per heavy atom. The summed E-state index contributed by atoms with van der Waals surface area (Å²) < 4.78 is 26.8. The van der Waals surface area contributed by atoms with E-state index in [1.54, 1.807) is 24.3 Å². The van der Waals surface area contributed by atoms with Gasteiger partial charge >= 0.3 is 5.97 Å². The van der Waals surface area contributed by atoms with Gasteiger partial charge in [-0.15, -0.1) is 0 Å². The molecule has 5 nitrogen and oxygen atoms in total. The van der Waals surface area contributed by atoms with Crippen molar-refractivity contribution >= 4 is 16.0 Å². The maximum Gasteiger partial charge on any atom is 0.303 e. The van der Waals surface area contributed by atoms with Crippen molar-refractivity contribution in [3.8, 4) is 0 Å². The molecule has 120 valence electrons. The number of carboxylic acid groups (broad SMARTS) is 1. The Hall–Kier alpha value is -1.66. The van der Waals surface area contributed by atoms with E-state index in [4.69, 9.17) is 5.11 Å². The molecule has 1 aliphatic heterocycles. The van der Waals surface area contributed by atoms with Gasteiger partial charge in [0.25, 0.3) is 0 Å². The highest BCUT2D eigenvalue weighted by molar-refractivity contribution is 7.89. The third-order valence-corrected chi connectivity index (χ3v) is 5.93. The molecule has 0 amide bonds. The highest BCUT2D eigenvalue weighted by Gasteiger charge is 2.27. The fourth-order valence-electron chi connectivity index (χ4n) is 2.42. The van der Waals surface area contributed by atoms with Crippen LogP contribution in [-0.4, -0.2) is 36.9 Å². The van der Waals surface area contributed by atoms with Crippen LogP contribution in [0.15, 0.2) is 40.3 Å². The zero-order valence-corrected chi connectivity index (χ0v) is 13.7. The summed E-state index contributed by atoms with van der Waals surface area (Å²) in [5.74, 6) is -0.859. The van der Waals surface area contributed by atoms with Gasteiger partial charge in [-0.2, -0.15) is 4.31 Å². The summed E-state index contributed by atoms with van der Waals surface area (Å²) >= 11 is 0. The van der Waals surface area contributed by atoms with Crippen molar-refractivity contribution < 1.29 is 18.3 Å². The van der Waals surface area contributed by atoms with Gasteiger partial charge < -0.3 is 5.11 Å². The van der Waals surface area contributed by atoms with Crippen LogP contribution in [0.25, 0.3) is 0 Å². The largest absolute Gasteiger partial charge is 0.481 e. The van der Waals surface area contributed by atoms with Gasteiger partial charge in [0.2, 0.25) is 10.0 Å². The van der Waals surface area contributed by atoms with Crippen LogP contribution in [0.5, 0.6) is 0 Å². The fraction of sp³-hybridized carbons (Fsp3) is 0.438. The number of rotatable bonds is 5. The van der Waals surface area contributed by atoms with E-state index in [2.05, 4.69) is 0 Å². The van der Waals surface area contributed by atoms with Crippen molar-refractivity contribution in [2.75, 3.05) is 13.1 Å². The number of sulfonamides is 1.